The van der Waals surface area contributed by atoms with E-state index in [-0.39, 0.29) is 17.7 Å². The third-order valence-corrected chi connectivity index (χ3v) is 3.23. The van der Waals surface area contributed by atoms with Crippen LogP contribution in [0.25, 0.3) is 0 Å². The highest BCUT2D eigenvalue weighted by Gasteiger charge is 2.25. The van der Waals surface area contributed by atoms with Gasteiger partial charge in [-0.1, -0.05) is 0 Å². The van der Waals surface area contributed by atoms with Crippen LogP contribution < -0.4 is 10.1 Å². The molecular formula is C14H18F2N2O2. The third kappa shape index (κ3) is 3.45. The first-order valence-corrected chi connectivity index (χ1v) is 6.61. The van der Waals surface area contributed by atoms with Crippen LogP contribution in [0.15, 0.2) is 18.2 Å². The molecular weight excluding hydrogens is 266 g/mol. The highest BCUT2D eigenvalue weighted by atomic mass is 19.2. The first-order valence-electron chi connectivity index (χ1n) is 6.61. The van der Waals surface area contributed by atoms with Crippen molar-refractivity contribution in [1.29, 1.82) is 0 Å². The Balaban J connectivity index is 1.98. The average Bonchev–Trinajstić information content (AvgIpc) is 2.42. The normalized spacial score (nSPS) is 20.6. The number of piperazine rings is 1. The molecule has 1 amide bonds. The lowest BCUT2D eigenvalue weighted by Crippen LogP contribution is -2.54. The Hall–Kier alpha value is -1.69. The van der Waals surface area contributed by atoms with E-state index in [1.165, 1.54) is 6.07 Å². The predicted octanol–water partition coefficient (Wildman–Crippen LogP) is 1.55. The molecule has 0 saturated carbocycles. The summed E-state index contributed by atoms with van der Waals surface area (Å²) in [6, 6.07) is 3.47. The fraction of sp³-hybridized carbons (Fsp3) is 0.500. The summed E-state index contributed by atoms with van der Waals surface area (Å²) in [6.07, 6.45) is -0.731. The van der Waals surface area contributed by atoms with E-state index in [1.807, 2.05) is 6.92 Å². The van der Waals surface area contributed by atoms with Crippen LogP contribution >= 0.6 is 0 Å². The SMILES string of the molecule is CC1CN(C(=O)C(C)Oc2ccc(F)c(F)c2)CCN1. The van der Waals surface area contributed by atoms with Gasteiger partial charge in [0.2, 0.25) is 0 Å². The lowest BCUT2D eigenvalue weighted by Gasteiger charge is -2.33. The van der Waals surface area contributed by atoms with Gasteiger partial charge in [-0.2, -0.15) is 0 Å². The second-order valence-corrected chi connectivity index (χ2v) is 4.98. The number of nitrogens with zero attached hydrogens (tertiary/aromatic N) is 1. The molecule has 1 saturated heterocycles. The lowest BCUT2D eigenvalue weighted by molar-refractivity contribution is -0.139. The Labute approximate surface area is 116 Å². The number of amides is 1. The topological polar surface area (TPSA) is 41.6 Å². The molecule has 4 nitrogen and oxygen atoms in total. The zero-order valence-corrected chi connectivity index (χ0v) is 11.5. The van der Waals surface area contributed by atoms with Crippen molar-refractivity contribution in [3.05, 3.63) is 29.8 Å². The van der Waals surface area contributed by atoms with Gasteiger partial charge in [-0.3, -0.25) is 4.79 Å². The van der Waals surface area contributed by atoms with Crippen molar-refractivity contribution in [1.82, 2.24) is 10.2 Å². The van der Waals surface area contributed by atoms with Crippen LogP contribution in [0.5, 0.6) is 5.75 Å². The van der Waals surface area contributed by atoms with Gasteiger partial charge in [-0.25, -0.2) is 8.78 Å². The summed E-state index contributed by atoms with van der Waals surface area (Å²) in [5.74, 6) is -1.93. The Kier molecular flexibility index (Phi) is 4.54. The molecule has 2 atom stereocenters. The standard InChI is InChI=1S/C14H18F2N2O2/c1-9-8-18(6-5-17-9)14(19)10(2)20-11-3-4-12(15)13(16)7-11/h3-4,7,9-10,17H,5-6,8H2,1-2H3. The fourth-order valence-electron chi connectivity index (χ4n) is 2.19. The average molecular weight is 284 g/mol. The van der Waals surface area contributed by atoms with Crippen LogP contribution in [0, 0.1) is 11.6 Å². The van der Waals surface area contributed by atoms with Gasteiger partial charge in [0.1, 0.15) is 5.75 Å². The maximum atomic E-state index is 13.1. The van der Waals surface area contributed by atoms with Gasteiger partial charge in [0.05, 0.1) is 0 Å². The molecule has 2 unspecified atom stereocenters. The number of ether oxygens (including phenoxy) is 1. The first-order chi connectivity index (χ1) is 9.47. The molecule has 0 aromatic heterocycles. The number of hydrogen-bond acceptors (Lipinski definition) is 3. The van der Waals surface area contributed by atoms with Gasteiger partial charge in [0, 0.05) is 31.7 Å². The number of carbonyl (C=O) groups is 1. The molecule has 1 heterocycles. The zero-order valence-electron chi connectivity index (χ0n) is 11.5. The Bertz CT molecular complexity index is 496. The van der Waals surface area contributed by atoms with E-state index in [0.29, 0.717) is 13.1 Å². The largest absolute Gasteiger partial charge is 0.481 e. The van der Waals surface area contributed by atoms with Gasteiger partial charge in [0.25, 0.3) is 5.91 Å². The van der Waals surface area contributed by atoms with Crippen LogP contribution in [-0.2, 0) is 4.79 Å². The van der Waals surface area contributed by atoms with Crippen LogP contribution in [0.3, 0.4) is 0 Å². The van der Waals surface area contributed by atoms with Crippen molar-refractivity contribution in [2.75, 3.05) is 19.6 Å². The van der Waals surface area contributed by atoms with E-state index in [0.717, 1.165) is 18.7 Å². The van der Waals surface area contributed by atoms with Crippen LogP contribution in [0.2, 0.25) is 0 Å². The molecule has 0 spiro atoms. The van der Waals surface area contributed by atoms with E-state index < -0.39 is 17.7 Å². The number of rotatable bonds is 3. The zero-order chi connectivity index (χ0) is 14.7. The molecule has 1 aromatic carbocycles. The van der Waals surface area contributed by atoms with Crippen molar-refractivity contribution in [2.45, 2.75) is 26.0 Å². The van der Waals surface area contributed by atoms with Crippen LogP contribution in [-0.4, -0.2) is 42.6 Å². The third-order valence-electron chi connectivity index (χ3n) is 3.23. The van der Waals surface area contributed by atoms with Crippen molar-refractivity contribution < 1.29 is 18.3 Å². The molecule has 1 N–H and O–H groups in total. The van der Waals surface area contributed by atoms with Gasteiger partial charge in [-0.15, -0.1) is 0 Å². The van der Waals surface area contributed by atoms with Crippen molar-refractivity contribution in [2.24, 2.45) is 0 Å². The Morgan fingerprint density at radius 3 is 2.85 bits per heavy atom. The fourth-order valence-corrected chi connectivity index (χ4v) is 2.19. The maximum absolute atomic E-state index is 13.1. The van der Waals surface area contributed by atoms with E-state index in [9.17, 15) is 13.6 Å². The highest BCUT2D eigenvalue weighted by molar-refractivity contribution is 5.81. The molecule has 2 rings (SSSR count). The number of halogens is 2. The maximum Gasteiger partial charge on any atom is 0.263 e. The summed E-state index contributed by atoms with van der Waals surface area (Å²) in [6.45, 7) is 5.58. The van der Waals surface area contributed by atoms with Crippen LogP contribution in [0.4, 0.5) is 8.78 Å². The van der Waals surface area contributed by atoms with E-state index in [2.05, 4.69) is 5.32 Å². The minimum absolute atomic E-state index is 0.146. The minimum Gasteiger partial charge on any atom is -0.481 e. The molecule has 1 aromatic rings. The number of benzene rings is 1. The number of nitrogens with one attached hydrogen (secondary N) is 1. The second-order valence-electron chi connectivity index (χ2n) is 4.98. The summed E-state index contributed by atoms with van der Waals surface area (Å²) in [5, 5.41) is 3.24. The van der Waals surface area contributed by atoms with Crippen LogP contribution in [0.1, 0.15) is 13.8 Å². The molecule has 20 heavy (non-hydrogen) atoms. The molecule has 0 bridgehead atoms. The van der Waals surface area contributed by atoms with Gasteiger partial charge >= 0.3 is 0 Å². The Morgan fingerprint density at radius 2 is 2.20 bits per heavy atom. The summed E-state index contributed by atoms with van der Waals surface area (Å²) >= 11 is 0. The molecule has 1 fully saturated rings. The first kappa shape index (κ1) is 14.7. The molecule has 6 heteroatoms. The molecule has 110 valence electrons. The summed E-state index contributed by atoms with van der Waals surface area (Å²) in [4.78, 5) is 13.9. The molecule has 1 aliphatic heterocycles. The monoisotopic (exact) mass is 284 g/mol. The molecule has 1 aliphatic rings. The molecule has 0 aliphatic carbocycles. The number of carbonyl (C=O) groups excluding carboxylic acids is 1. The van der Waals surface area contributed by atoms with Crippen molar-refractivity contribution >= 4 is 5.91 Å². The van der Waals surface area contributed by atoms with Gasteiger partial charge in [-0.05, 0) is 26.0 Å². The van der Waals surface area contributed by atoms with Gasteiger partial charge < -0.3 is 15.0 Å². The summed E-state index contributed by atoms with van der Waals surface area (Å²) < 4.78 is 31.3. The lowest BCUT2D eigenvalue weighted by atomic mass is 10.2. The van der Waals surface area contributed by atoms with Gasteiger partial charge in [0.15, 0.2) is 17.7 Å². The smallest absolute Gasteiger partial charge is 0.263 e. The summed E-state index contributed by atoms with van der Waals surface area (Å²) in [5.41, 5.74) is 0. The highest BCUT2D eigenvalue weighted by Crippen LogP contribution is 2.17. The number of hydrogen-bond donors (Lipinski definition) is 1. The van der Waals surface area contributed by atoms with Crippen molar-refractivity contribution in [3.63, 3.8) is 0 Å². The predicted molar refractivity (Wildman–Crippen MR) is 70.5 cm³/mol. The van der Waals surface area contributed by atoms with Crippen molar-refractivity contribution in [3.8, 4) is 5.75 Å². The minimum atomic E-state index is -0.988. The molecule has 0 radical (unpaired) electrons. The summed E-state index contributed by atoms with van der Waals surface area (Å²) in [7, 11) is 0. The quantitative estimate of drug-likeness (QED) is 0.915. The Morgan fingerprint density at radius 1 is 1.45 bits per heavy atom. The van der Waals surface area contributed by atoms with E-state index in [1.54, 1.807) is 11.8 Å². The van der Waals surface area contributed by atoms with E-state index >= 15 is 0 Å². The second kappa shape index (κ2) is 6.17. The van der Waals surface area contributed by atoms with E-state index in [4.69, 9.17) is 4.74 Å².